The molecule has 2 aliphatic heterocycles. The van der Waals surface area contributed by atoms with Gasteiger partial charge in [-0.1, -0.05) is 83.1 Å². The molecule has 14 nitrogen and oxygen atoms in total. The molecule has 2 aromatic carbocycles. The highest BCUT2D eigenvalue weighted by Crippen LogP contribution is 2.50. The van der Waals surface area contributed by atoms with Gasteiger partial charge in [-0.25, -0.2) is 19.6 Å². The van der Waals surface area contributed by atoms with Crippen molar-refractivity contribution in [2.24, 2.45) is 23.7 Å². The van der Waals surface area contributed by atoms with E-state index in [2.05, 4.69) is 76.1 Å². The molecule has 7 atom stereocenters. The summed E-state index contributed by atoms with van der Waals surface area (Å²) in [5.74, 6) is 1.86. The molecule has 1 aliphatic carbocycles. The Balaban J connectivity index is 1.03. The third kappa shape index (κ3) is 8.46. The molecule has 308 valence electrons. The van der Waals surface area contributed by atoms with E-state index in [1.54, 1.807) is 0 Å². The zero-order chi connectivity index (χ0) is 41.2. The van der Waals surface area contributed by atoms with Crippen LogP contribution in [-0.2, 0) is 19.1 Å². The fourth-order valence-electron chi connectivity index (χ4n) is 8.62. The zero-order valence-corrected chi connectivity index (χ0v) is 34.5. The number of benzene rings is 2. The number of rotatable bonds is 11. The third-order valence-corrected chi connectivity index (χ3v) is 12.1. The standard InChI is InChI=1S/C44H56N8O6/c1-24(2)37(49-43(55)57-6)41(53)51-23-26(5)8-18-34(51)39-45-21-32(47-39)29-13-9-27(10-14-29)28-11-15-30(16-12-28)33-22-46-40(48-33)35-19-17-31-20-36(31)52(35)42(54)38(25(3)4)50-44(56)58-7/h9-16,21-22,24-26,31,34-38H,8,17-20,23H2,1-7H3,(H,45,47)(H,46,48)(H,49,55)(H,50,56)/t26?,31?,34-,35-,36?,37-,38-/m0/s1. The maximum absolute atomic E-state index is 13.9. The molecule has 58 heavy (non-hydrogen) atoms. The Hall–Kier alpha value is -5.66. The van der Waals surface area contributed by atoms with E-state index in [1.807, 2.05) is 49.9 Å². The third-order valence-electron chi connectivity index (χ3n) is 12.1. The van der Waals surface area contributed by atoms with Gasteiger partial charge in [0.2, 0.25) is 11.8 Å². The van der Waals surface area contributed by atoms with Crippen molar-refractivity contribution in [1.82, 2.24) is 40.4 Å². The maximum Gasteiger partial charge on any atom is 0.407 e. The molecule has 4 N–H and O–H groups in total. The van der Waals surface area contributed by atoms with E-state index in [-0.39, 0.29) is 41.8 Å². The van der Waals surface area contributed by atoms with Crippen molar-refractivity contribution in [3.8, 4) is 33.6 Å². The number of methoxy groups -OCH3 is 2. The molecular formula is C44H56N8O6. The van der Waals surface area contributed by atoms with Crippen LogP contribution in [0.3, 0.4) is 0 Å². The molecule has 1 saturated carbocycles. The van der Waals surface area contributed by atoms with Gasteiger partial charge in [0.1, 0.15) is 23.7 Å². The van der Waals surface area contributed by atoms with Gasteiger partial charge in [-0.15, -0.1) is 0 Å². The molecule has 2 saturated heterocycles. The fraction of sp³-hybridized carbons (Fsp3) is 0.500. The van der Waals surface area contributed by atoms with Crippen molar-refractivity contribution in [2.45, 2.75) is 96.9 Å². The van der Waals surface area contributed by atoms with Gasteiger partial charge >= 0.3 is 12.2 Å². The summed E-state index contributed by atoms with van der Waals surface area (Å²) < 4.78 is 9.62. The van der Waals surface area contributed by atoms with Gasteiger partial charge < -0.3 is 39.9 Å². The summed E-state index contributed by atoms with van der Waals surface area (Å²) in [7, 11) is 2.60. The summed E-state index contributed by atoms with van der Waals surface area (Å²) in [5, 5.41) is 5.49. The minimum atomic E-state index is -0.703. The van der Waals surface area contributed by atoms with Crippen LogP contribution < -0.4 is 10.6 Å². The van der Waals surface area contributed by atoms with Crippen LogP contribution in [0, 0.1) is 23.7 Å². The lowest BCUT2D eigenvalue weighted by Crippen LogP contribution is -2.54. The first kappa shape index (κ1) is 40.5. The van der Waals surface area contributed by atoms with E-state index in [4.69, 9.17) is 19.4 Å². The minimum Gasteiger partial charge on any atom is -0.453 e. The summed E-state index contributed by atoms with van der Waals surface area (Å²) in [5.41, 5.74) is 5.82. The van der Waals surface area contributed by atoms with Crippen LogP contribution in [0.2, 0.25) is 0 Å². The molecule has 4 heterocycles. The molecule has 4 amide bonds. The lowest BCUT2D eigenvalue weighted by Gasteiger charge is -2.40. The molecule has 3 fully saturated rings. The highest BCUT2D eigenvalue weighted by Gasteiger charge is 2.52. The van der Waals surface area contributed by atoms with Crippen LogP contribution in [0.1, 0.15) is 90.5 Å². The number of ether oxygens (including phenoxy) is 2. The number of nitrogens with one attached hydrogen (secondary N) is 4. The Morgan fingerprint density at radius 2 is 1.14 bits per heavy atom. The number of fused-ring (bicyclic) bond motifs is 1. The summed E-state index contributed by atoms with van der Waals surface area (Å²) >= 11 is 0. The molecule has 14 heteroatoms. The van der Waals surface area contributed by atoms with Crippen molar-refractivity contribution >= 4 is 24.0 Å². The first-order chi connectivity index (χ1) is 27.9. The highest BCUT2D eigenvalue weighted by molar-refractivity contribution is 5.87. The topological polar surface area (TPSA) is 175 Å². The van der Waals surface area contributed by atoms with Gasteiger partial charge in [-0.05, 0) is 78.0 Å². The SMILES string of the molecule is COC(=O)N[C@H](C(=O)N1CC(C)CC[C@H]1c1ncc(-c2ccc(-c3ccc(-c4cnc([C@@H]5CCC6CC6N5C(=O)[C@@H](NC(=O)OC)C(C)C)[nH]4)cc3)cc2)[nH]1)C(C)C. The van der Waals surface area contributed by atoms with Crippen LogP contribution in [0.4, 0.5) is 9.59 Å². The number of carbonyl (C=O) groups is 4. The second-order valence-corrected chi connectivity index (χ2v) is 16.8. The number of imidazole rings is 2. The maximum atomic E-state index is 13.9. The monoisotopic (exact) mass is 792 g/mol. The number of aromatic amines is 2. The smallest absolute Gasteiger partial charge is 0.407 e. The number of carbonyl (C=O) groups excluding carboxylic acids is 4. The number of likely N-dealkylation sites (tertiary alicyclic amines) is 2. The largest absolute Gasteiger partial charge is 0.453 e. The van der Waals surface area contributed by atoms with Crippen molar-refractivity contribution in [1.29, 1.82) is 0 Å². The first-order valence-electron chi connectivity index (χ1n) is 20.5. The molecular weight excluding hydrogens is 737 g/mol. The summed E-state index contributed by atoms with van der Waals surface area (Å²) in [4.78, 5) is 72.3. The molecule has 2 aromatic heterocycles. The quantitative estimate of drug-likeness (QED) is 0.123. The van der Waals surface area contributed by atoms with Crippen LogP contribution >= 0.6 is 0 Å². The number of hydrogen-bond acceptors (Lipinski definition) is 8. The predicted molar refractivity (Wildman–Crippen MR) is 219 cm³/mol. The average molecular weight is 793 g/mol. The lowest BCUT2D eigenvalue weighted by molar-refractivity contribution is -0.140. The second-order valence-electron chi connectivity index (χ2n) is 16.8. The van der Waals surface area contributed by atoms with E-state index < -0.39 is 24.3 Å². The van der Waals surface area contributed by atoms with Crippen molar-refractivity contribution in [3.63, 3.8) is 0 Å². The normalized spacial score (nSPS) is 22.5. The van der Waals surface area contributed by atoms with Crippen LogP contribution in [0.5, 0.6) is 0 Å². The molecule has 4 aromatic rings. The highest BCUT2D eigenvalue weighted by atomic mass is 16.5. The molecule has 7 rings (SSSR count). The van der Waals surface area contributed by atoms with E-state index >= 15 is 0 Å². The number of piperidine rings is 2. The Bertz CT molecular complexity index is 2090. The fourth-order valence-corrected chi connectivity index (χ4v) is 8.62. The molecule has 0 radical (unpaired) electrons. The summed E-state index contributed by atoms with van der Waals surface area (Å²) in [6, 6.07) is 15.0. The van der Waals surface area contributed by atoms with E-state index in [0.717, 1.165) is 77.4 Å². The number of aromatic nitrogens is 4. The molecule has 3 aliphatic rings. The Morgan fingerprint density at radius 1 is 0.672 bits per heavy atom. The Labute approximate surface area is 339 Å². The number of amides is 4. The predicted octanol–water partition coefficient (Wildman–Crippen LogP) is 7.25. The van der Waals surface area contributed by atoms with Gasteiger partial charge in [0.05, 0.1) is 50.1 Å². The van der Waals surface area contributed by atoms with E-state index in [9.17, 15) is 19.2 Å². The summed E-state index contributed by atoms with van der Waals surface area (Å²) in [6.45, 7) is 10.4. The lowest BCUT2D eigenvalue weighted by atomic mass is 9.91. The zero-order valence-electron chi connectivity index (χ0n) is 34.5. The van der Waals surface area contributed by atoms with Gasteiger partial charge in [0.25, 0.3) is 0 Å². The first-order valence-corrected chi connectivity index (χ1v) is 20.5. The molecule has 3 unspecified atom stereocenters. The van der Waals surface area contributed by atoms with Gasteiger partial charge in [0, 0.05) is 12.6 Å². The number of hydrogen-bond donors (Lipinski definition) is 4. The van der Waals surface area contributed by atoms with E-state index in [1.165, 1.54) is 14.2 Å². The molecule has 0 spiro atoms. The molecule has 0 bridgehead atoms. The van der Waals surface area contributed by atoms with E-state index in [0.29, 0.717) is 18.4 Å². The van der Waals surface area contributed by atoms with Crippen LogP contribution in [0.15, 0.2) is 60.9 Å². The Kier molecular flexibility index (Phi) is 11.9. The van der Waals surface area contributed by atoms with Crippen LogP contribution in [0.25, 0.3) is 33.6 Å². The second kappa shape index (κ2) is 17.1. The van der Waals surface area contributed by atoms with Crippen molar-refractivity contribution in [3.05, 3.63) is 72.6 Å². The number of H-pyrrole nitrogens is 2. The summed E-state index contributed by atoms with van der Waals surface area (Å²) in [6.07, 6.45) is 6.97. The Morgan fingerprint density at radius 3 is 1.64 bits per heavy atom. The van der Waals surface area contributed by atoms with Gasteiger partial charge in [0.15, 0.2) is 0 Å². The van der Waals surface area contributed by atoms with Gasteiger partial charge in [-0.2, -0.15) is 0 Å². The van der Waals surface area contributed by atoms with Gasteiger partial charge in [-0.3, -0.25) is 9.59 Å². The van der Waals surface area contributed by atoms with Crippen molar-refractivity contribution < 1.29 is 28.7 Å². The van der Waals surface area contributed by atoms with Crippen LogP contribution in [-0.4, -0.2) is 92.6 Å². The minimum absolute atomic E-state index is 0.0949. The average Bonchev–Trinajstić information content (AvgIpc) is 3.58. The number of alkyl carbamates (subject to hydrolysis) is 2. The van der Waals surface area contributed by atoms with Crippen molar-refractivity contribution in [2.75, 3.05) is 20.8 Å². The number of nitrogens with zero attached hydrogens (tertiary/aromatic N) is 4.